The molecule has 1 saturated heterocycles. The molecule has 0 spiro atoms. The average Bonchev–Trinajstić information content (AvgIpc) is 3.48. The number of rotatable bonds is 4. The van der Waals surface area contributed by atoms with Gasteiger partial charge in [-0.05, 0) is 23.9 Å². The number of anilines is 1. The molecule has 4 aromatic rings. The third-order valence-corrected chi connectivity index (χ3v) is 6.07. The number of nitrogens with one attached hydrogen (secondary N) is 2. The SMILES string of the molecule is Cn1nc(C(=O)NC2CCN(c3cc(-c4cccs4)[nH]n3)C2)c2ccccc21. The fraction of sp³-hybridized carbons (Fsp3) is 0.250. The number of carbonyl (C=O) groups excluding carboxylic acids is 1. The molecule has 1 aliphatic heterocycles. The standard InChI is InChI=1S/C20H20N6OS/c1-25-16-6-3-2-5-14(16)19(24-25)20(27)21-13-8-9-26(12-13)18-11-15(22-23-18)17-7-4-10-28-17/h2-7,10-11,13H,8-9,12H2,1H3,(H,21,27)(H,22,23). The number of nitrogens with zero attached hydrogens (tertiary/aromatic N) is 4. The minimum Gasteiger partial charge on any atom is -0.353 e. The second-order valence-electron chi connectivity index (χ2n) is 7.01. The number of fused-ring (bicyclic) bond motifs is 1. The highest BCUT2D eigenvalue weighted by atomic mass is 32.1. The Balaban J connectivity index is 1.28. The summed E-state index contributed by atoms with van der Waals surface area (Å²) in [7, 11) is 1.86. The van der Waals surface area contributed by atoms with Crippen molar-refractivity contribution >= 4 is 34.0 Å². The van der Waals surface area contributed by atoms with Crippen LogP contribution in [0.2, 0.25) is 0 Å². The highest BCUT2D eigenvalue weighted by Gasteiger charge is 2.27. The Hall–Kier alpha value is -3.13. The summed E-state index contributed by atoms with van der Waals surface area (Å²) < 4.78 is 1.75. The van der Waals surface area contributed by atoms with Gasteiger partial charge in [0.15, 0.2) is 11.5 Å². The molecule has 7 nitrogen and oxygen atoms in total. The summed E-state index contributed by atoms with van der Waals surface area (Å²) in [5.74, 6) is 0.799. The molecule has 1 unspecified atom stereocenters. The third kappa shape index (κ3) is 2.95. The van der Waals surface area contributed by atoms with Gasteiger partial charge in [0, 0.05) is 37.6 Å². The van der Waals surface area contributed by atoms with Crippen LogP contribution in [-0.2, 0) is 7.05 Å². The molecular formula is C20H20N6OS. The Kier molecular flexibility index (Phi) is 4.12. The summed E-state index contributed by atoms with van der Waals surface area (Å²) in [5, 5.41) is 18.0. The lowest BCUT2D eigenvalue weighted by atomic mass is 10.2. The maximum atomic E-state index is 12.8. The second-order valence-corrected chi connectivity index (χ2v) is 7.96. The van der Waals surface area contributed by atoms with Crippen LogP contribution in [0.3, 0.4) is 0 Å². The summed E-state index contributed by atoms with van der Waals surface area (Å²) in [5.41, 5.74) is 2.46. The van der Waals surface area contributed by atoms with Crippen LogP contribution in [0.15, 0.2) is 47.8 Å². The smallest absolute Gasteiger partial charge is 0.272 e. The van der Waals surface area contributed by atoms with Crippen LogP contribution in [0.1, 0.15) is 16.9 Å². The molecule has 0 radical (unpaired) electrons. The van der Waals surface area contributed by atoms with Gasteiger partial charge >= 0.3 is 0 Å². The van der Waals surface area contributed by atoms with E-state index in [1.54, 1.807) is 16.0 Å². The van der Waals surface area contributed by atoms with E-state index >= 15 is 0 Å². The number of hydrogen-bond donors (Lipinski definition) is 2. The fourth-order valence-electron chi connectivity index (χ4n) is 3.75. The van der Waals surface area contributed by atoms with Crippen molar-refractivity contribution in [2.45, 2.75) is 12.5 Å². The van der Waals surface area contributed by atoms with Gasteiger partial charge in [0.05, 0.1) is 16.1 Å². The van der Waals surface area contributed by atoms with Gasteiger partial charge in [-0.15, -0.1) is 11.3 Å². The number of carbonyl (C=O) groups is 1. The van der Waals surface area contributed by atoms with Gasteiger partial charge in [-0.25, -0.2) is 0 Å². The van der Waals surface area contributed by atoms with E-state index < -0.39 is 0 Å². The molecule has 142 valence electrons. The molecule has 28 heavy (non-hydrogen) atoms. The number of H-pyrrole nitrogens is 1. The zero-order chi connectivity index (χ0) is 19.1. The predicted molar refractivity (Wildman–Crippen MR) is 111 cm³/mol. The molecule has 0 aliphatic carbocycles. The van der Waals surface area contributed by atoms with Crippen molar-refractivity contribution in [3.05, 3.63) is 53.5 Å². The fourth-order valence-corrected chi connectivity index (χ4v) is 4.45. The molecule has 1 amide bonds. The Morgan fingerprint density at radius 1 is 1.29 bits per heavy atom. The van der Waals surface area contributed by atoms with Gasteiger partial charge in [0.1, 0.15) is 0 Å². The van der Waals surface area contributed by atoms with Crippen molar-refractivity contribution < 1.29 is 4.79 Å². The Bertz CT molecular complexity index is 1130. The number of aromatic amines is 1. The largest absolute Gasteiger partial charge is 0.353 e. The zero-order valence-corrected chi connectivity index (χ0v) is 16.2. The summed E-state index contributed by atoms with van der Waals surface area (Å²) in [4.78, 5) is 16.2. The van der Waals surface area contributed by atoms with E-state index in [2.05, 4.69) is 43.0 Å². The number of thiophene rings is 1. The molecule has 5 rings (SSSR count). The van der Waals surface area contributed by atoms with E-state index in [4.69, 9.17) is 0 Å². The maximum absolute atomic E-state index is 12.8. The molecule has 0 saturated carbocycles. The predicted octanol–water partition coefficient (Wildman–Crippen LogP) is 3.03. The minimum atomic E-state index is -0.120. The van der Waals surface area contributed by atoms with E-state index in [0.717, 1.165) is 41.9 Å². The average molecular weight is 392 g/mol. The van der Waals surface area contributed by atoms with Gasteiger partial charge < -0.3 is 10.2 Å². The molecule has 1 atom stereocenters. The molecular weight excluding hydrogens is 372 g/mol. The van der Waals surface area contributed by atoms with Crippen molar-refractivity contribution in [2.75, 3.05) is 18.0 Å². The zero-order valence-electron chi connectivity index (χ0n) is 15.4. The lowest BCUT2D eigenvalue weighted by Crippen LogP contribution is -2.37. The van der Waals surface area contributed by atoms with E-state index in [0.29, 0.717) is 5.69 Å². The van der Waals surface area contributed by atoms with Crippen LogP contribution >= 0.6 is 11.3 Å². The topological polar surface area (TPSA) is 78.8 Å². The van der Waals surface area contributed by atoms with Crippen LogP contribution < -0.4 is 10.2 Å². The lowest BCUT2D eigenvalue weighted by molar-refractivity contribution is 0.0936. The van der Waals surface area contributed by atoms with Gasteiger partial charge in [-0.1, -0.05) is 24.3 Å². The number of aromatic nitrogens is 4. The molecule has 3 aromatic heterocycles. The molecule has 4 heterocycles. The summed E-state index contributed by atoms with van der Waals surface area (Å²) in [6.45, 7) is 1.61. The monoisotopic (exact) mass is 392 g/mol. The van der Waals surface area contributed by atoms with Gasteiger partial charge in [-0.3, -0.25) is 14.6 Å². The third-order valence-electron chi connectivity index (χ3n) is 5.17. The van der Waals surface area contributed by atoms with Gasteiger partial charge in [-0.2, -0.15) is 10.2 Å². The Morgan fingerprint density at radius 2 is 2.18 bits per heavy atom. The number of para-hydroxylation sites is 1. The van der Waals surface area contributed by atoms with E-state index in [1.807, 2.05) is 37.4 Å². The highest BCUT2D eigenvalue weighted by molar-refractivity contribution is 7.13. The normalized spacial score (nSPS) is 16.8. The first-order chi connectivity index (χ1) is 13.7. The highest BCUT2D eigenvalue weighted by Crippen LogP contribution is 2.27. The quantitative estimate of drug-likeness (QED) is 0.560. The number of hydrogen-bond acceptors (Lipinski definition) is 5. The molecule has 8 heteroatoms. The van der Waals surface area contributed by atoms with Crippen LogP contribution in [0, 0.1) is 0 Å². The first-order valence-electron chi connectivity index (χ1n) is 9.26. The summed E-state index contributed by atoms with van der Waals surface area (Å²) in [6, 6.07) is 14.1. The number of amides is 1. The number of aryl methyl sites for hydroxylation is 1. The van der Waals surface area contributed by atoms with Crippen molar-refractivity contribution in [1.82, 2.24) is 25.3 Å². The minimum absolute atomic E-state index is 0.0788. The molecule has 2 N–H and O–H groups in total. The molecule has 1 aromatic carbocycles. The molecule has 0 bridgehead atoms. The Labute approximate surface area is 166 Å². The van der Waals surface area contributed by atoms with E-state index in [-0.39, 0.29) is 11.9 Å². The second kappa shape index (κ2) is 6.79. The molecule has 1 aliphatic rings. The van der Waals surface area contributed by atoms with E-state index in [1.165, 1.54) is 4.88 Å². The van der Waals surface area contributed by atoms with Crippen molar-refractivity contribution in [3.8, 4) is 10.6 Å². The Morgan fingerprint density at radius 3 is 3.04 bits per heavy atom. The van der Waals surface area contributed by atoms with Gasteiger partial charge in [0.25, 0.3) is 5.91 Å². The van der Waals surface area contributed by atoms with Crippen molar-refractivity contribution in [3.63, 3.8) is 0 Å². The lowest BCUT2D eigenvalue weighted by Gasteiger charge is -2.15. The first-order valence-corrected chi connectivity index (χ1v) is 10.1. The van der Waals surface area contributed by atoms with Crippen molar-refractivity contribution in [2.24, 2.45) is 7.05 Å². The number of benzene rings is 1. The first kappa shape index (κ1) is 17.0. The van der Waals surface area contributed by atoms with Crippen molar-refractivity contribution in [1.29, 1.82) is 0 Å². The summed E-state index contributed by atoms with van der Waals surface area (Å²) in [6.07, 6.45) is 0.887. The van der Waals surface area contributed by atoms with E-state index in [9.17, 15) is 4.79 Å². The van der Waals surface area contributed by atoms with Gasteiger partial charge in [0.2, 0.25) is 0 Å². The van der Waals surface area contributed by atoms with Crippen LogP contribution in [0.5, 0.6) is 0 Å². The van der Waals surface area contributed by atoms with Crippen LogP contribution in [-0.4, -0.2) is 45.0 Å². The van der Waals surface area contributed by atoms with Crippen LogP contribution in [0.25, 0.3) is 21.5 Å². The molecule has 1 fully saturated rings. The summed E-state index contributed by atoms with van der Waals surface area (Å²) >= 11 is 1.69. The van der Waals surface area contributed by atoms with Crippen LogP contribution in [0.4, 0.5) is 5.82 Å². The maximum Gasteiger partial charge on any atom is 0.272 e.